The van der Waals surface area contributed by atoms with E-state index in [0.29, 0.717) is 39.0 Å². The van der Waals surface area contributed by atoms with E-state index in [0.717, 1.165) is 5.56 Å². The van der Waals surface area contributed by atoms with Crippen molar-refractivity contribution in [2.24, 2.45) is 5.92 Å². The van der Waals surface area contributed by atoms with Gasteiger partial charge < -0.3 is 9.64 Å². The Morgan fingerprint density at radius 1 is 1.13 bits per heavy atom. The van der Waals surface area contributed by atoms with Gasteiger partial charge in [-0.1, -0.05) is 17.7 Å². The minimum atomic E-state index is -0.121. The monoisotopic (exact) mass is 317 g/mol. The maximum Gasteiger partial charge on any atom is 0.309 e. The first-order chi connectivity index (χ1) is 10.9. The van der Waals surface area contributed by atoms with Crippen molar-refractivity contribution in [3.63, 3.8) is 0 Å². The van der Waals surface area contributed by atoms with Crippen molar-refractivity contribution in [3.05, 3.63) is 34.4 Å². The molecule has 126 valence electrons. The lowest BCUT2D eigenvalue weighted by Gasteiger charge is -2.31. The van der Waals surface area contributed by atoms with E-state index in [2.05, 4.69) is 32.9 Å². The highest BCUT2D eigenvalue weighted by Crippen LogP contribution is 2.22. The van der Waals surface area contributed by atoms with E-state index < -0.39 is 0 Å². The lowest BCUT2D eigenvalue weighted by atomic mass is 9.94. The molecule has 0 spiro atoms. The minimum absolute atomic E-state index is 0.0538. The van der Waals surface area contributed by atoms with Crippen molar-refractivity contribution >= 4 is 11.9 Å². The van der Waals surface area contributed by atoms with Crippen LogP contribution in [-0.4, -0.2) is 36.5 Å². The molecule has 1 aliphatic rings. The highest BCUT2D eigenvalue weighted by molar-refractivity contribution is 5.80. The van der Waals surface area contributed by atoms with Gasteiger partial charge in [-0.25, -0.2) is 0 Å². The number of carbonyl (C=O) groups excluding carboxylic acids is 2. The van der Waals surface area contributed by atoms with Gasteiger partial charge in [-0.15, -0.1) is 0 Å². The molecule has 1 aromatic rings. The summed E-state index contributed by atoms with van der Waals surface area (Å²) in [5.41, 5.74) is 4.72. The Morgan fingerprint density at radius 3 is 2.22 bits per heavy atom. The van der Waals surface area contributed by atoms with Crippen LogP contribution in [0.25, 0.3) is 0 Å². The Bertz CT molecular complexity index is 563. The Kier molecular flexibility index (Phi) is 5.80. The van der Waals surface area contributed by atoms with Crippen LogP contribution in [0.4, 0.5) is 0 Å². The molecule has 1 heterocycles. The van der Waals surface area contributed by atoms with Gasteiger partial charge in [0.1, 0.15) is 0 Å². The molecule has 0 unspecified atom stereocenters. The lowest BCUT2D eigenvalue weighted by Crippen LogP contribution is -2.41. The van der Waals surface area contributed by atoms with Crippen LogP contribution in [0.5, 0.6) is 0 Å². The van der Waals surface area contributed by atoms with Crippen LogP contribution >= 0.6 is 0 Å². The van der Waals surface area contributed by atoms with Gasteiger partial charge in [0.2, 0.25) is 5.91 Å². The topological polar surface area (TPSA) is 46.6 Å². The zero-order valence-corrected chi connectivity index (χ0v) is 14.6. The summed E-state index contributed by atoms with van der Waals surface area (Å²) < 4.78 is 5.07. The number of esters is 1. The van der Waals surface area contributed by atoms with Crippen LogP contribution in [0.3, 0.4) is 0 Å². The van der Waals surface area contributed by atoms with Gasteiger partial charge in [0.15, 0.2) is 0 Å². The summed E-state index contributed by atoms with van der Waals surface area (Å²) in [6, 6.07) is 4.26. The second-order valence-corrected chi connectivity index (χ2v) is 6.46. The predicted molar refractivity (Wildman–Crippen MR) is 90.3 cm³/mol. The number of piperidine rings is 1. The molecular weight excluding hydrogens is 290 g/mol. The van der Waals surface area contributed by atoms with Gasteiger partial charge in [-0.05, 0) is 57.2 Å². The highest BCUT2D eigenvalue weighted by Gasteiger charge is 2.28. The highest BCUT2D eigenvalue weighted by atomic mass is 16.5. The maximum absolute atomic E-state index is 12.6. The molecule has 1 amide bonds. The van der Waals surface area contributed by atoms with Crippen molar-refractivity contribution in [2.75, 3.05) is 19.7 Å². The van der Waals surface area contributed by atoms with Crippen molar-refractivity contribution < 1.29 is 14.3 Å². The number of aryl methyl sites for hydroxylation is 3. The quantitative estimate of drug-likeness (QED) is 0.802. The molecule has 4 nitrogen and oxygen atoms in total. The first-order valence-corrected chi connectivity index (χ1v) is 8.43. The standard InChI is InChI=1S/C19H27NO3/c1-5-23-19(22)16-6-8-20(9-7-16)18(21)12-17-14(3)10-13(2)11-15(17)4/h10-11,16H,5-9,12H2,1-4H3. The van der Waals surface area contributed by atoms with Crippen LogP contribution in [0, 0.1) is 26.7 Å². The molecule has 23 heavy (non-hydrogen) atoms. The molecule has 0 bridgehead atoms. The summed E-state index contributed by atoms with van der Waals surface area (Å²) in [6.07, 6.45) is 1.86. The lowest BCUT2D eigenvalue weighted by molar-refractivity contribution is -0.151. The Labute approximate surface area is 138 Å². The third-order valence-electron chi connectivity index (χ3n) is 4.64. The molecule has 0 radical (unpaired) electrons. The molecule has 1 saturated heterocycles. The maximum atomic E-state index is 12.6. The fourth-order valence-electron chi connectivity index (χ4n) is 3.38. The van der Waals surface area contributed by atoms with Crippen LogP contribution < -0.4 is 0 Å². The minimum Gasteiger partial charge on any atom is -0.466 e. The second-order valence-electron chi connectivity index (χ2n) is 6.46. The van der Waals surface area contributed by atoms with E-state index in [1.165, 1.54) is 16.7 Å². The number of hydrogen-bond donors (Lipinski definition) is 0. The molecule has 2 rings (SSSR count). The van der Waals surface area contributed by atoms with Crippen LogP contribution in [0.1, 0.15) is 42.0 Å². The third-order valence-corrected chi connectivity index (χ3v) is 4.64. The molecule has 0 N–H and O–H groups in total. The van der Waals surface area contributed by atoms with E-state index in [4.69, 9.17) is 4.74 Å². The molecule has 0 saturated carbocycles. The van der Waals surface area contributed by atoms with Gasteiger partial charge >= 0.3 is 5.97 Å². The SMILES string of the molecule is CCOC(=O)C1CCN(C(=O)Cc2c(C)cc(C)cc2C)CC1. The normalized spacial score (nSPS) is 15.6. The van der Waals surface area contributed by atoms with Crippen LogP contribution in [0.2, 0.25) is 0 Å². The zero-order valence-electron chi connectivity index (χ0n) is 14.6. The summed E-state index contributed by atoms with van der Waals surface area (Å²) in [6.45, 7) is 9.74. The number of rotatable bonds is 4. The second kappa shape index (κ2) is 7.62. The fraction of sp³-hybridized carbons (Fsp3) is 0.579. The smallest absolute Gasteiger partial charge is 0.309 e. The first kappa shape index (κ1) is 17.5. The van der Waals surface area contributed by atoms with E-state index in [1.54, 1.807) is 0 Å². The van der Waals surface area contributed by atoms with Gasteiger partial charge in [-0.3, -0.25) is 9.59 Å². The summed E-state index contributed by atoms with van der Waals surface area (Å²) in [7, 11) is 0. The van der Waals surface area contributed by atoms with E-state index in [1.807, 2.05) is 11.8 Å². The molecule has 1 aromatic carbocycles. The number of benzene rings is 1. The predicted octanol–water partition coefficient (Wildman–Crippen LogP) is 2.96. The molecule has 0 atom stereocenters. The molecule has 0 aliphatic carbocycles. The molecule has 0 aromatic heterocycles. The van der Waals surface area contributed by atoms with Gasteiger partial charge in [0, 0.05) is 13.1 Å². The Hall–Kier alpha value is -1.84. The number of nitrogens with zero attached hydrogens (tertiary/aromatic N) is 1. The Morgan fingerprint density at radius 2 is 1.70 bits per heavy atom. The molecular formula is C19H27NO3. The molecule has 1 aliphatic heterocycles. The van der Waals surface area contributed by atoms with E-state index in [9.17, 15) is 9.59 Å². The average Bonchev–Trinajstić information content (AvgIpc) is 2.51. The number of likely N-dealkylation sites (tertiary alicyclic amines) is 1. The van der Waals surface area contributed by atoms with E-state index in [-0.39, 0.29) is 17.8 Å². The fourth-order valence-corrected chi connectivity index (χ4v) is 3.38. The molecule has 1 fully saturated rings. The van der Waals surface area contributed by atoms with Crippen molar-refractivity contribution in [1.29, 1.82) is 0 Å². The van der Waals surface area contributed by atoms with Gasteiger partial charge in [0.25, 0.3) is 0 Å². The van der Waals surface area contributed by atoms with Crippen molar-refractivity contribution in [2.45, 2.75) is 47.0 Å². The van der Waals surface area contributed by atoms with E-state index >= 15 is 0 Å². The largest absolute Gasteiger partial charge is 0.466 e. The number of amides is 1. The van der Waals surface area contributed by atoms with Crippen LogP contribution in [0.15, 0.2) is 12.1 Å². The number of ether oxygens (including phenoxy) is 1. The number of hydrogen-bond acceptors (Lipinski definition) is 3. The zero-order chi connectivity index (χ0) is 17.0. The summed E-state index contributed by atoms with van der Waals surface area (Å²) >= 11 is 0. The van der Waals surface area contributed by atoms with Gasteiger partial charge in [-0.2, -0.15) is 0 Å². The van der Waals surface area contributed by atoms with Crippen molar-refractivity contribution in [3.8, 4) is 0 Å². The van der Waals surface area contributed by atoms with Crippen LogP contribution in [-0.2, 0) is 20.7 Å². The van der Waals surface area contributed by atoms with Gasteiger partial charge in [0.05, 0.1) is 18.9 Å². The average molecular weight is 317 g/mol. The summed E-state index contributed by atoms with van der Waals surface area (Å²) in [4.78, 5) is 26.2. The summed E-state index contributed by atoms with van der Waals surface area (Å²) in [5.74, 6) is -0.0194. The Balaban J connectivity index is 1.95. The summed E-state index contributed by atoms with van der Waals surface area (Å²) in [5, 5.41) is 0. The first-order valence-electron chi connectivity index (χ1n) is 8.43. The van der Waals surface area contributed by atoms with Crippen molar-refractivity contribution in [1.82, 2.24) is 4.90 Å². The number of carbonyl (C=O) groups is 2. The molecule has 4 heteroatoms. The third kappa shape index (κ3) is 4.34.